The molecule has 2 bridgehead atoms. The molecule has 1 N–H and O–H groups in total. The number of esters is 1. The summed E-state index contributed by atoms with van der Waals surface area (Å²) in [6.45, 7) is 16.0. The highest BCUT2D eigenvalue weighted by Crippen LogP contribution is 2.63. The van der Waals surface area contributed by atoms with Gasteiger partial charge in [-0.3, -0.25) is 14.4 Å². The molecule has 0 radical (unpaired) electrons. The lowest BCUT2D eigenvalue weighted by atomic mass is 9.66. The van der Waals surface area contributed by atoms with E-state index in [1.165, 1.54) is 6.08 Å². The first kappa shape index (κ1) is 30.8. The van der Waals surface area contributed by atoms with Crippen LogP contribution in [0.25, 0.3) is 0 Å². The Morgan fingerprint density at radius 1 is 1.10 bits per heavy atom. The van der Waals surface area contributed by atoms with Crippen LogP contribution in [0.15, 0.2) is 49.6 Å². The minimum Gasteiger partial charge on any atom is -0.461 e. The van der Waals surface area contributed by atoms with E-state index in [0.29, 0.717) is 44.3 Å². The second kappa shape index (κ2) is 12.8. The fourth-order valence-electron chi connectivity index (χ4n) is 7.14. The molecule has 2 unspecified atom stereocenters. The van der Waals surface area contributed by atoms with Gasteiger partial charge in [-0.25, -0.2) is 0 Å². The predicted octanol–water partition coefficient (Wildman–Crippen LogP) is 3.71. The molecule has 1 aromatic rings. The molecule has 9 nitrogen and oxygen atoms in total. The van der Waals surface area contributed by atoms with Crippen LogP contribution in [0.5, 0.6) is 0 Å². The third-order valence-corrected chi connectivity index (χ3v) is 9.03. The maximum atomic E-state index is 14.6. The molecule has 3 aliphatic rings. The van der Waals surface area contributed by atoms with E-state index in [1.54, 1.807) is 15.9 Å². The lowest BCUT2D eigenvalue weighted by molar-refractivity contribution is -0.158. The smallest absolute Gasteiger partial charge is 0.313 e. The average molecular weight is 568 g/mol. The van der Waals surface area contributed by atoms with Crippen molar-refractivity contribution in [3.8, 4) is 0 Å². The van der Waals surface area contributed by atoms with Crippen LogP contribution in [0.1, 0.15) is 52.9 Å². The minimum absolute atomic E-state index is 0.0448. The van der Waals surface area contributed by atoms with Gasteiger partial charge in [0.05, 0.1) is 11.5 Å². The Kier molecular flexibility index (Phi) is 9.59. The molecule has 9 heteroatoms. The number of ether oxygens (including phenoxy) is 2. The number of unbranched alkanes of at least 4 members (excludes halogenated alkanes) is 2. The summed E-state index contributed by atoms with van der Waals surface area (Å²) in [6, 6.07) is 6.97. The molecule has 3 fully saturated rings. The second-order valence-electron chi connectivity index (χ2n) is 11.4. The zero-order valence-electron chi connectivity index (χ0n) is 24.7. The van der Waals surface area contributed by atoms with E-state index in [2.05, 4.69) is 31.9 Å². The molecular weight excluding hydrogens is 522 g/mol. The lowest BCUT2D eigenvalue weighted by Crippen LogP contribution is -2.56. The number of carbonyl (C=O) groups is 3. The molecule has 1 aromatic carbocycles. The van der Waals surface area contributed by atoms with Crippen molar-refractivity contribution >= 4 is 29.2 Å². The van der Waals surface area contributed by atoms with E-state index < -0.39 is 35.0 Å². The molecule has 3 saturated heterocycles. The highest BCUT2D eigenvalue weighted by Gasteiger charge is 2.78. The summed E-state index contributed by atoms with van der Waals surface area (Å²) in [6.07, 6.45) is 6.18. The third-order valence-electron chi connectivity index (χ3n) is 9.03. The molecule has 0 aromatic heterocycles. The van der Waals surface area contributed by atoms with Gasteiger partial charge in [0.2, 0.25) is 5.91 Å². The van der Waals surface area contributed by atoms with Crippen molar-refractivity contribution in [2.24, 2.45) is 11.8 Å². The lowest BCUT2D eigenvalue weighted by Gasteiger charge is -2.37. The molecule has 4 rings (SSSR count). The fourth-order valence-corrected chi connectivity index (χ4v) is 7.14. The monoisotopic (exact) mass is 567 g/mol. The van der Waals surface area contributed by atoms with Crippen LogP contribution < -0.4 is 9.80 Å². The van der Waals surface area contributed by atoms with Crippen LogP contribution in [0.2, 0.25) is 0 Å². The van der Waals surface area contributed by atoms with Crippen molar-refractivity contribution in [2.75, 3.05) is 49.2 Å². The number of nitrogens with zero attached hydrogens (tertiary/aromatic N) is 3. The molecule has 3 heterocycles. The van der Waals surface area contributed by atoms with E-state index in [-0.39, 0.29) is 31.6 Å². The van der Waals surface area contributed by atoms with Gasteiger partial charge in [0.25, 0.3) is 5.91 Å². The number of hydrogen-bond acceptors (Lipinski definition) is 7. The standard InChI is InChI=1S/C32H45N3O6/c1-6-19-34(24-15-13-23(14-16-24)33(8-3)9-4)29(38)27-32-18-17-31(5,41-32)26(30(39)40-22-7-2)25(32)28(37)35(27)20-11-10-12-21-36/h6-7,13-16,25-27,36H,1-2,8-12,17-22H2,3-5H3/t25-,26+,27?,31-,32?/m0/s1. The molecule has 3 aliphatic heterocycles. The molecule has 224 valence electrons. The average Bonchev–Trinajstić information content (AvgIpc) is 3.54. The molecule has 41 heavy (non-hydrogen) atoms. The molecule has 2 amide bonds. The van der Waals surface area contributed by atoms with Gasteiger partial charge in [-0.15, -0.1) is 6.58 Å². The van der Waals surface area contributed by atoms with Crippen LogP contribution in [0.4, 0.5) is 11.4 Å². The number of fused-ring (bicyclic) bond motifs is 1. The number of aliphatic hydroxyl groups is 1. The fraction of sp³-hybridized carbons (Fsp3) is 0.594. The molecular formula is C32H45N3O6. The first-order valence-corrected chi connectivity index (χ1v) is 14.9. The van der Waals surface area contributed by atoms with Crippen molar-refractivity contribution in [1.29, 1.82) is 0 Å². The number of anilines is 2. The number of likely N-dealkylation sites (tertiary alicyclic amines) is 1. The Morgan fingerprint density at radius 2 is 1.78 bits per heavy atom. The van der Waals surface area contributed by atoms with Crippen LogP contribution in [-0.2, 0) is 23.9 Å². The number of rotatable bonds is 15. The first-order chi connectivity index (χ1) is 19.7. The van der Waals surface area contributed by atoms with Gasteiger partial charge in [-0.2, -0.15) is 0 Å². The molecule has 0 aliphatic carbocycles. The topological polar surface area (TPSA) is 99.6 Å². The van der Waals surface area contributed by atoms with Crippen LogP contribution in [0, 0.1) is 11.8 Å². The quantitative estimate of drug-likeness (QED) is 0.196. The molecule has 1 spiro atoms. The van der Waals surface area contributed by atoms with Gasteiger partial charge >= 0.3 is 5.97 Å². The number of benzene rings is 1. The van der Waals surface area contributed by atoms with Gasteiger partial charge in [0.15, 0.2) is 0 Å². The molecule has 0 saturated carbocycles. The number of aliphatic hydroxyl groups excluding tert-OH is 1. The maximum Gasteiger partial charge on any atom is 0.313 e. The number of carbonyl (C=O) groups excluding carboxylic acids is 3. The zero-order chi connectivity index (χ0) is 29.8. The highest BCUT2D eigenvalue weighted by molar-refractivity contribution is 6.05. The second-order valence-corrected chi connectivity index (χ2v) is 11.4. The van der Waals surface area contributed by atoms with E-state index in [1.807, 2.05) is 31.2 Å². The van der Waals surface area contributed by atoms with Crippen molar-refractivity contribution in [1.82, 2.24) is 4.90 Å². The van der Waals surface area contributed by atoms with Crippen molar-refractivity contribution in [3.63, 3.8) is 0 Å². The van der Waals surface area contributed by atoms with E-state index in [4.69, 9.17) is 9.47 Å². The largest absolute Gasteiger partial charge is 0.461 e. The first-order valence-electron chi connectivity index (χ1n) is 14.9. The van der Waals surface area contributed by atoms with E-state index in [9.17, 15) is 19.5 Å². The van der Waals surface area contributed by atoms with Gasteiger partial charge < -0.3 is 29.3 Å². The summed E-state index contributed by atoms with van der Waals surface area (Å²) in [5.41, 5.74) is -0.247. The Hall–Kier alpha value is -3.17. The highest BCUT2D eigenvalue weighted by atomic mass is 16.6. The van der Waals surface area contributed by atoms with Gasteiger partial charge in [0, 0.05) is 44.2 Å². The van der Waals surface area contributed by atoms with Crippen molar-refractivity contribution in [2.45, 2.75) is 70.1 Å². The van der Waals surface area contributed by atoms with Crippen molar-refractivity contribution < 1.29 is 29.0 Å². The van der Waals surface area contributed by atoms with Gasteiger partial charge in [-0.1, -0.05) is 18.7 Å². The van der Waals surface area contributed by atoms with Crippen LogP contribution in [-0.4, -0.2) is 84.4 Å². The third kappa shape index (κ3) is 5.42. The summed E-state index contributed by atoms with van der Waals surface area (Å²) in [7, 11) is 0. The summed E-state index contributed by atoms with van der Waals surface area (Å²) >= 11 is 0. The Labute approximate surface area is 243 Å². The number of amides is 2. The van der Waals surface area contributed by atoms with Crippen LogP contribution in [0.3, 0.4) is 0 Å². The Bertz CT molecular complexity index is 1130. The molecule has 5 atom stereocenters. The predicted molar refractivity (Wildman–Crippen MR) is 159 cm³/mol. The SMILES string of the molecule is C=CCOC(=O)[C@H]1[C@H]2C(=O)N(CCCCCO)C(C(=O)N(CC=C)c3ccc(N(CC)CC)cc3)C23CC[C@]1(C)O3. The summed E-state index contributed by atoms with van der Waals surface area (Å²) in [5, 5.41) is 9.27. The maximum absolute atomic E-state index is 14.6. The summed E-state index contributed by atoms with van der Waals surface area (Å²) in [4.78, 5) is 47.6. The van der Waals surface area contributed by atoms with Gasteiger partial charge in [0.1, 0.15) is 24.2 Å². The summed E-state index contributed by atoms with van der Waals surface area (Å²) < 4.78 is 12.1. The van der Waals surface area contributed by atoms with Gasteiger partial charge in [-0.05, 0) is 77.1 Å². The van der Waals surface area contributed by atoms with E-state index in [0.717, 1.165) is 18.8 Å². The van der Waals surface area contributed by atoms with Crippen LogP contribution >= 0.6 is 0 Å². The number of hydrogen-bond donors (Lipinski definition) is 1. The zero-order valence-corrected chi connectivity index (χ0v) is 24.7. The Morgan fingerprint density at radius 3 is 2.39 bits per heavy atom. The minimum atomic E-state index is -1.13. The van der Waals surface area contributed by atoms with E-state index >= 15 is 0 Å². The van der Waals surface area contributed by atoms with Crippen molar-refractivity contribution in [3.05, 3.63) is 49.6 Å². The normalized spacial score (nSPS) is 28.0. The Balaban J connectivity index is 1.72. The summed E-state index contributed by atoms with van der Waals surface area (Å²) in [5.74, 6) is -2.59.